The zero-order valence-electron chi connectivity index (χ0n) is 11.3. The fraction of sp³-hybridized carbons (Fsp3) is 0.308. The molecule has 0 unspecified atom stereocenters. The molecule has 3 N–H and O–H groups in total. The molecule has 0 radical (unpaired) electrons. The summed E-state index contributed by atoms with van der Waals surface area (Å²) in [6.45, 7) is -2.60. The lowest BCUT2D eigenvalue weighted by Crippen LogP contribution is -2.11. The SMILES string of the molecule is Cn1nccc1CCNc1cc(OC(F)F)c(F)cc1N. The van der Waals surface area contributed by atoms with Crippen LogP contribution in [0.15, 0.2) is 24.4 Å². The molecule has 114 valence electrons. The van der Waals surface area contributed by atoms with E-state index in [1.165, 1.54) is 0 Å². The van der Waals surface area contributed by atoms with Crippen LogP contribution in [0.3, 0.4) is 0 Å². The van der Waals surface area contributed by atoms with Gasteiger partial charge in [0.15, 0.2) is 11.6 Å². The second-order valence-corrected chi connectivity index (χ2v) is 4.37. The van der Waals surface area contributed by atoms with Gasteiger partial charge in [0.05, 0.1) is 11.4 Å². The first-order valence-corrected chi connectivity index (χ1v) is 6.22. The van der Waals surface area contributed by atoms with Crippen LogP contribution in [0.25, 0.3) is 0 Å². The van der Waals surface area contributed by atoms with Gasteiger partial charge in [0.1, 0.15) is 0 Å². The van der Waals surface area contributed by atoms with Crippen molar-refractivity contribution in [3.63, 3.8) is 0 Å². The largest absolute Gasteiger partial charge is 0.432 e. The predicted molar refractivity (Wildman–Crippen MR) is 72.8 cm³/mol. The molecule has 2 aromatic rings. The van der Waals surface area contributed by atoms with E-state index in [4.69, 9.17) is 5.73 Å². The summed E-state index contributed by atoms with van der Waals surface area (Å²) in [5.74, 6) is -1.47. The van der Waals surface area contributed by atoms with Crippen LogP contribution in [0.5, 0.6) is 5.75 Å². The molecule has 0 saturated heterocycles. The van der Waals surface area contributed by atoms with Crippen molar-refractivity contribution in [1.29, 1.82) is 0 Å². The van der Waals surface area contributed by atoms with Crippen LogP contribution >= 0.6 is 0 Å². The smallest absolute Gasteiger partial charge is 0.387 e. The maximum atomic E-state index is 13.4. The lowest BCUT2D eigenvalue weighted by molar-refractivity contribution is -0.0521. The summed E-state index contributed by atoms with van der Waals surface area (Å²) in [5.41, 5.74) is 7.11. The molecule has 5 nitrogen and oxygen atoms in total. The number of anilines is 2. The lowest BCUT2D eigenvalue weighted by atomic mass is 10.2. The van der Waals surface area contributed by atoms with Gasteiger partial charge < -0.3 is 15.8 Å². The van der Waals surface area contributed by atoms with Gasteiger partial charge in [-0.05, 0) is 6.07 Å². The van der Waals surface area contributed by atoms with Gasteiger partial charge in [-0.25, -0.2) is 4.39 Å². The Morgan fingerprint density at radius 1 is 1.43 bits per heavy atom. The number of halogens is 3. The molecule has 0 fully saturated rings. The predicted octanol–water partition coefficient (Wildman–Crippen LogP) is 2.40. The van der Waals surface area contributed by atoms with Gasteiger partial charge in [-0.3, -0.25) is 4.68 Å². The maximum Gasteiger partial charge on any atom is 0.387 e. The number of nitrogens with two attached hydrogens (primary N) is 1. The third-order valence-electron chi connectivity index (χ3n) is 2.94. The summed E-state index contributed by atoms with van der Waals surface area (Å²) < 4.78 is 43.6. The van der Waals surface area contributed by atoms with Crippen LogP contribution in [0, 0.1) is 5.82 Å². The molecule has 21 heavy (non-hydrogen) atoms. The van der Waals surface area contributed by atoms with Gasteiger partial charge in [0.2, 0.25) is 0 Å². The van der Waals surface area contributed by atoms with E-state index < -0.39 is 18.2 Å². The molecule has 2 rings (SSSR count). The monoisotopic (exact) mass is 300 g/mol. The van der Waals surface area contributed by atoms with Crippen molar-refractivity contribution in [3.8, 4) is 5.75 Å². The Balaban J connectivity index is 2.03. The van der Waals surface area contributed by atoms with Crippen LogP contribution in [0.4, 0.5) is 24.5 Å². The maximum absolute atomic E-state index is 13.4. The van der Waals surface area contributed by atoms with Gasteiger partial charge in [-0.2, -0.15) is 13.9 Å². The van der Waals surface area contributed by atoms with E-state index in [0.29, 0.717) is 18.7 Å². The molecule has 1 aromatic heterocycles. The molecule has 1 aromatic carbocycles. The second-order valence-electron chi connectivity index (χ2n) is 4.37. The number of nitrogen functional groups attached to an aromatic ring is 1. The van der Waals surface area contributed by atoms with Gasteiger partial charge >= 0.3 is 6.61 Å². The van der Waals surface area contributed by atoms with Crippen molar-refractivity contribution in [3.05, 3.63) is 35.9 Å². The number of nitrogens with one attached hydrogen (secondary N) is 1. The fourth-order valence-electron chi connectivity index (χ4n) is 1.88. The summed E-state index contributed by atoms with van der Waals surface area (Å²) in [6, 6.07) is 3.94. The molecule has 8 heteroatoms. The molecule has 0 bridgehead atoms. The molecular weight excluding hydrogens is 285 g/mol. The minimum Gasteiger partial charge on any atom is -0.432 e. The van der Waals surface area contributed by atoms with Gasteiger partial charge in [-0.15, -0.1) is 0 Å². The second kappa shape index (κ2) is 6.38. The lowest BCUT2D eigenvalue weighted by Gasteiger charge is -2.13. The number of alkyl halides is 2. The molecule has 0 spiro atoms. The van der Waals surface area contributed by atoms with E-state index >= 15 is 0 Å². The van der Waals surface area contributed by atoms with Crippen molar-refractivity contribution in [2.24, 2.45) is 7.05 Å². The van der Waals surface area contributed by atoms with Gasteiger partial charge in [0, 0.05) is 44.0 Å². The number of ether oxygens (including phenoxy) is 1. The fourth-order valence-corrected chi connectivity index (χ4v) is 1.88. The highest BCUT2D eigenvalue weighted by atomic mass is 19.3. The average Bonchev–Trinajstić information content (AvgIpc) is 2.80. The highest BCUT2D eigenvalue weighted by molar-refractivity contribution is 5.68. The Kier molecular flexibility index (Phi) is 4.56. The number of hydrogen-bond acceptors (Lipinski definition) is 4. The highest BCUT2D eigenvalue weighted by Gasteiger charge is 2.13. The zero-order valence-corrected chi connectivity index (χ0v) is 11.3. The Morgan fingerprint density at radius 3 is 2.81 bits per heavy atom. The number of aromatic nitrogens is 2. The highest BCUT2D eigenvalue weighted by Crippen LogP contribution is 2.29. The Hall–Kier alpha value is -2.38. The summed E-state index contributed by atoms with van der Waals surface area (Å²) in [5, 5.41) is 6.99. The topological polar surface area (TPSA) is 65.1 Å². The standard InChI is InChI=1S/C13H15F3N4O/c1-20-8(3-5-19-20)2-4-18-11-7-12(21-13(15)16)9(14)6-10(11)17/h3,5-7,13,18H,2,4,17H2,1H3. The number of nitrogens with zero attached hydrogens (tertiary/aromatic N) is 2. The van der Waals surface area contributed by atoms with Crippen LogP contribution < -0.4 is 15.8 Å². The molecule has 0 aliphatic heterocycles. The zero-order chi connectivity index (χ0) is 15.4. The molecule has 1 heterocycles. The van der Waals surface area contributed by atoms with E-state index in [1.807, 2.05) is 13.1 Å². The van der Waals surface area contributed by atoms with Crippen LogP contribution in [-0.4, -0.2) is 22.9 Å². The van der Waals surface area contributed by atoms with Crippen molar-refractivity contribution in [1.82, 2.24) is 9.78 Å². The van der Waals surface area contributed by atoms with E-state index in [-0.39, 0.29) is 5.69 Å². The first-order chi connectivity index (χ1) is 9.97. The Bertz CT molecular complexity index is 615. The molecule has 0 aliphatic carbocycles. The van der Waals surface area contributed by atoms with Crippen molar-refractivity contribution < 1.29 is 17.9 Å². The van der Waals surface area contributed by atoms with Crippen molar-refractivity contribution >= 4 is 11.4 Å². The van der Waals surface area contributed by atoms with Gasteiger partial charge in [0.25, 0.3) is 0 Å². The van der Waals surface area contributed by atoms with E-state index in [1.54, 1.807) is 10.9 Å². The minimum absolute atomic E-state index is 0.124. The minimum atomic E-state index is -3.09. The number of hydrogen-bond donors (Lipinski definition) is 2. The first kappa shape index (κ1) is 15.0. The number of benzene rings is 1. The molecule has 0 atom stereocenters. The van der Waals surface area contributed by atoms with Gasteiger partial charge in [-0.1, -0.05) is 0 Å². The first-order valence-electron chi connectivity index (χ1n) is 6.22. The quantitative estimate of drug-likeness (QED) is 0.804. The molecule has 0 aliphatic rings. The van der Waals surface area contributed by atoms with Crippen LogP contribution in [0.1, 0.15) is 5.69 Å². The van der Waals surface area contributed by atoms with Crippen molar-refractivity contribution in [2.75, 3.05) is 17.6 Å². The summed E-state index contributed by atoms with van der Waals surface area (Å²) >= 11 is 0. The van der Waals surface area contributed by atoms with Crippen LogP contribution in [0.2, 0.25) is 0 Å². The summed E-state index contributed by atoms with van der Waals surface area (Å²) in [6.07, 6.45) is 2.33. The summed E-state index contributed by atoms with van der Waals surface area (Å²) in [4.78, 5) is 0. The number of aryl methyl sites for hydroxylation is 1. The van der Waals surface area contributed by atoms with E-state index in [9.17, 15) is 13.2 Å². The Morgan fingerprint density at radius 2 is 2.19 bits per heavy atom. The normalized spacial score (nSPS) is 10.9. The summed E-state index contributed by atoms with van der Waals surface area (Å²) in [7, 11) is 1.82. The third kappa shape index (κ3) is 3.80. The van der Waals surface area contributed by atoms with E-state index in [0.717, 1.165) is 17.8 Å². The molecule has 0 amide bonds. The Labute approximate surface area is 119 Å². The molecular formula is C13H15F3N4O. The van der Waals surface area contributed by atoms with Crippen molar-refractivity contribution in [2.45, 2.75) is 13.0 Å². The third-order valence-corrected chi connectivity index (χ3v) is 2.94. The van der Waals surface area contributed by atoms with Crippen LogP contribution in [-0.2, 0) is 13.5 Å². The average molecular weight is 300 g/mol. The number of rotatable bonds is 6. The van der Waals surface area contributed by atoms with E-state index in [2.05, 4.69) is 15.2 Å². The molecule has 0 saturated carbocycles.